The molecule has 7 heteroatoms. The third-order valence-corrected chi connectivity index (χ3v) is 3.53. The predicted molar refractivity (Wildman–Crippen MR) is 72.6 cm³/mol. The number of aromatic nitrogens is 2. The van der Waals surface area contributed by atoms with Gasteiger partial charge in [-0.2, -0.15) is 0 Å². The molecule has 0 amide bonds. The van der Waals surface area contributed by atoms with Crippen LogP contribution in [0.1, 0.15) is 17.2 Å². The van der Waals surface area contributed by atoms with Crippen LogP contribution in [0.25, 0.3) is 0 Å². The van der Waals surface area contributed by atoms with Crippen LogP contribution < -0.4 is 0 Å². The predicted octanol–water partition coefficient (Wildman–Crippen LogP) is 4.17. The Hall–Kier alpha value is -0.580. The van der Waals surface area contributed by atoms with Gasteiger partial charge in [0, 0.05) is 35.9 Å². The summed E-state index contributed by atoms with van der Waals surface area (Å²) in [7, 11) is 0. The first-order valence-electron chi connectivity index (χ1n) is 4.78. The van der Waals surface area contributed by atoms with Gasteiger partial charge in [-0.15, -0.1) is 0 Å². The Kier molecular flexibility index (Phi) is 4.30. The van der Waals surface area contributed by atoms with Crippen molar-refractivity contribution >= 4 is 46.4 Å². The molecule has 0 aliphatic rings. The first-order valence-corrected chi connectivity index (χ1v) is 6.29. The summed E-state index contributed by atoms with van der Waals surface area (Å²) >= 11 is 23.9. The van der Waals surface area contributed by atoms with Gasteiger partial charge in [0.2, 0.25) is 0 Å². The van der Waals surface area contributed by atoms with E-state index in [1.165, 1.54) is 24.8 Å². The minimum absolute atomic E-state index is 0.235. The van der Waals surface area contributed by atoms with Crippen molar-refractivity contribution in [3.05, 3.63) is 56.0 Å². The molecule has 1 N–H and O–H groups in total. The lowest BCUT2D eigenvalue weighted by atomic mass is 10.0. The molecule has 2 heterocycles. The molecule has 2 aromatic heterocycles. The summed E-state index contributed by atoms with van der Waals surface area (Å²) in [4.78, 5) is 7.62. The maximum absolute atomic E-state index is 10.3. The molecule has 0 bridgehead atoms. The largest absolute Gasteiger partial charge is 0.383 e. The summed E-state index contributed by atoms with van der Waals surface area (Å²) in [5.74, 6) is 0. The third kappa shape index (κ3) is 2.56. The van der Waals surface area contributed by atoms with Crippen LogP contribution >= 0.6 is 46.4 Å². The SMILES string of the molecule is OC(c1c(Cl)cncc1Cl)c1c(Cl)cncc1Cl. The Morgan fingerprint density at radius 1 is 0.722 bits per heavy atom. The van der Waals surface area contributed by atoms with E-state index in [0.29, 0.717) is 11.1 Å². The van der Waals surface area contributed by atoms with Crippen LogP contribution in [0, 0.1) is 0 Å². The maximum atomic E-state index is 10.3. The van der Waals surface area contributed by atoms with Crippen molar-refractivity contribution in [3.8, 4) is 0 Å². The number of aliphatic hydroxyl groups is 1. The van der Waals surface area contributed by atoms with Crippen LogP contribution in [0.4, 0.5) is 0 Å². The summed E-state index contributed by atoms with van der Waals surface area (Å²) in [6.45, 7) is 0. The summed E-state index contributed by atoms with van der Waals surface area (Å²) in [6, 6.07) is 0. The molecule has 0 spiro atoms. The Bertz CT molecular complexity index is 499. The number of hydrogen-bond donors (Lipinski definition) is 1. The minimum Gasteiger partial charge on any atom is -0.383 e. The molecule has 0 atom stereocenters. The van der Waals surface area contributed by atoms with E-state index in [0.717, 1.165) is 0 Å². The van der Waals surface area contributed by atoms with Gasteiger partial charge in [-0.25, -0.2) is 0 Å². The van der Waals surface area contributed by atoms with Gasteiger partial charge in [0.05, 0.1) is 20.1 Å². The van der Waals surface area contributed by atoms with E-state index in [1.807, 2.05) is 0 Å². The monoisotopic (exact) mass is 322 g/mol. The molecule has 0 aromatic carbocycles. The van der Waals surface area contributed by atoms with Gasteiger partial charge in [0.1, 0.15) is 6.10 Å². The number of rotatable bonds is 2. The third-order valence-electron chi connectivity index (χ3n) is 2.33. The molecule has 0 aliphatic carbocycles. The van der Waals surface area contributed by atoms with Crippen molar-refractivity contribution in [3.63, 3.8) is 0 Å². The molecule has 0 saturated heterocycles. The molecule has 2 aromatic rings. The molecule has 94 valence electrons. The Labute approximate surface area is 123 Å². The zero-order valence-electron chi connectivity index (χ0n) is 8.74. The number of hydrogen-bond acceptors (Lipinski definition) is 3. The Morgan fingerprint density at radius 3 is 1.28 bits per heavy atom. The molecule has 3 nitrogen and oxygen atoms in total. The maximum Gasteiger partial charge on any atom is 0.110 e. The molecule has 0 unspecified atom stereocenters. The minimum atomic E-state index is -1.14. The highest BCUT2D eigenvalue weighted by molar-refractivity contribution is 6.37. The lowest BCUT2D eigenvalue weighted by Crippen LogP contribution is -2.04. The van der Waals surface area contributed by atoms with E-state index in [1.54, 1.807) is 0 Å². The van der Waals surface area contributed by atoms with Gasteiger partial charge in [0.25, 0.3) is 0 Å². The second kappa shape index (κ2) is 5.59. The Balaban J connectivity index is 2.58. The number of pyridine rings is 2. The lowest BCUT2D eigenvalue weighted by Gasteiger charge is -2.16. The summed E-state index contributed by atoms with van der Waals surface area (Å²) in [5, 5.41) is 11.3. The highest BCUT2D eigenvalue weighted by atomic mass is 35.5. The topological polar surface area (TPSA) is 46.0 Å². The van der Waals surface area contributed by atoms with Crippen molar-refractivity contribution in [1.82, 2.24) is 9.97 Å². The molecule has 0 saturated carbocycles. The van der Waals surface area contributed by atoms with E-state index in [4.69, 9.17) is 46.4 Å². The standard InChI is InChI=1S/C11H6Cl4N2O/c12-5-1-16-2-6(13)9(5)11(18)10-7(14)3-17-4-8(10)15/h1-4,11,18H. The van der Waals surface area contributed by atoms with Crippen LogP contribution in [0.15, 0.2) is 24.8 Å². The first-order chi connectivity index (χ1) is 8.52. The van der Waals surface area contributed by atoms with E-state index < -0.39 is 6.10 Å². The highest BCUT2D eigenvalue weighted by Crippen LogP contribution is 2.38. The van der Waals surface area contributed by atoms with Gasteiger partial charge in [0.15, 0.2) is 0 Å². The second-order valence-corrected chi connectivity index (χ2v) is 5.06. The second-order valence-electron chi connectivity index (χ2n) is 3.44. The fourth-order valence-corrected chi connectivity index (χ4v) is 2.65. The highest BCUT2D eigenvalue weighted by Gasteiger charge is 2.22. The van der Waals surface area contributed by atoms with E-state index in [-0.39, 0.29) is 20.1 Å². The van der Waals surface area contributed by atoms with Crippen LogP contribution in [0.2, 0.25) is 20.1 Å². The molecular formula is C11H6Cl4N2O. The molecule has 18 heavy (non-hydrogen) atoms. The first kappa shape index (κ1) is 13.8. The lowest BCUT2D eigenvalue weighted by molar-refractivity contribution is 0.220. The van der Waals surface area contributed by atoms with Crippen LogP contribution in [-0.2, 0) is 0 Å². The van der Waals surface area contributed by atoms with Crippen molar-refractivity contribution in [2.24, 2.45) is 0 Å². The number of halogens is 4. The van der Waals surface area contributed by atoms with Crippen LogP contribution in [0.3, 0.4) is 0 Å². The Morgan fingerprint density at radius 2 is 1.00 bits per heavy atom. The normalized spacial score (nSPS) is 11.0. The molecule has 0 fully saturated rings. The van der Waals surface area contributed by atoms with Gasteiger partial charge in [-0.3, -0.25) is 9.97 Å². The van der Waals surface area contributed by atoms with Gasteiger partial charge < -0.3 is 5.11 Å². The van der Waals surface area contributed by atoms with Crippen LogP contribution in [-0.4, -0.2) is 15.1 Å². The average Bonchev–Trinajstić information content (AvgIpc) is 2.28. The van der Waals surface area contributed by atoms with Crippen molar-refractivity contribution in [2.45, 2.75) is 6.10 Å². The average molecular weight is 324 g/mol. The number of aliphatic hydroxyl groups excluding tert-OH is 1. The zero-order valence-corrected chi connectivity index (χ0v) is 11.8. The fraction of sp³-hybridized carbons (Fsp3) is 0.0909. The van der Waals surface area contributed by atoms with E-state index >= 15 is 0 Å². The summed E-state index contributed by atoms with van der Waals surface area (Å²) < 4.78 is 0. The van der Waals surface area contributed by atoms with Crippen LogP contribution in [0.5, 0.6) is 0 Å². The quantitative estimate of drug-likeness (QED) is 0.902. The van der Waals surface area contributed by atoms with Crippen molar-refractivity contribution in [1.29, 1.82) is 0 Å². The van der Waals surface area contributed by atoms with Gasteiger partial charge in [-0.1, -0.05) is 46.4 Å². The van der Waals surface area contributed by atoms with E-state index in [2.05, 4.69) is 9.97 Å². The van der Waals surface area contributed by atoms with E-state index in [9.17, 15) is 5.11 Å². The summed E-state index contributed by atoms with van der Waals surface area (Å²) in [6.07, 6.45) is 4.39. The van der Waals surface area contributed by atoms with Gasteiger partial charge in [-0.05, 0) is 0 Å². The molecule has 0 aliphatic heterocycles. The number of nitrogens with zero attached hydrogens (tertiary/aromatic N) is 2. The zero-order chi connectivity index (χ0) is 13.3. The molecular weight excluding hydrogens is 318 g/mol. The fourth-order valence-electron chi connectivity index (χ4n) is 1.51. The molecule has 0 radical (unpaired) electrons. The molecule has 2 rings (SSSR count). The smallest absolute Gasteiger partial charge is 0.110 e. The summed E-state index contributed by atoms with van der Waals surface area (Å²) in [5.41, 5.74) is 0.617. The van der Waals surface area contributed by atoms with Gasteiger partial charge >= 0.3 is 0 Å². The van der Waals surface area contributed by atoms with Crippen molar-refractivity contribution < 1.29 is 5.11 Å². The van der Waals surface area contributed by atoms with Crippen molar-refractivity contribution in [2.75, 3.05) is 0 Å².